The molecule has 0 aliphatic heterocycles. The topological polar surface area (TPSA) is 94.2 Å². The van der Waals surface area contributed by atoms with E-state index >= 15 is 0 Å². The standard InChI is InChI=1S/C20H26N2O6S/c1-15-5-10-19(27-3)18(13-15)22(29(4,24)25)14-20(23)21-11-12-28-17-8-6-16(26-2)7-9-17/h5-10,13H,11-12,14H2,1-4H3,(H,21,23). The number of benzene rings is 2. The van der Waals surface area contributed by atoms with E-state index in [2.05, 4.69) is 5.32 Å². The van der Waals surface area contributed by atoms with Crippen LogP contribution in [0.2, 0.25) is 0 Å². The number of anilines is 1. The zero-order valence-corrected chi connectivity index (χ0v) is 17.8. The number of amides is 1. The lowest BCUT2D eigenvalue weighted by molar-refractivity contribution is -0.119. The third kappa shape index (κ3) is 6.56. The van der Waals surface area contributed by atoms with E-state index in [1.54, 1.807) is 49.6 Å². The summed E-state index contributed by atoms with van der Waals surface area (Å²) in [4.78, 5) is 12.3. The lowest BCUT2D eigenvalue weighted by atomic mass is 10.2. The molecule has 0 spiro atoms. The smallest absolute Gasteiger partial charge is 0.240 e. The molecule has 158 valence electrons. The molecule has 0 fully saturated rings. The van der Waals surface area contributed by atoms with Crippen LogP contribution in [0, 0.1) is 6.92 Å². The summed E-state index contributed by atoms with van der Waals surface area (Å²) in [5.41, 5.74) is 1.17. The van der Waals surface area contributed by atoms with Gasteiger partial charge in [0.05, 0.1) is 32.7 Å². The van der Waals surface area contributed by atoms with Gasteiger partial charge >= 0.3 is 0 Å². The molecule has 0 atom stereocenters. The van der Waals surface area contributed by atoms with Gasteiger partial charge in [0.15, 0.2) is 0 Å². The van der Waals surface area contributed by atoms with Crippen LogP contribution in [0.1, 0.15) is 5.56 Å². The lowest BCUT2D eigenvalue weighted by Crippen LogP contribution is -2.41. The molecule has 9 heteroatoms. The number of nitrogens with one attached hydrogen (secondary N) is 1. The molecule has 0 radical (unpaired) electrons. The molecule has 0 aliphatic carbocycles. The minimum atomic E-state index is -3.69. The van der Waals surface area contributed by atoms with Crippen molar-refractivity contribution in [3.05, 3.63) is 48.0 Å². The van der Waals surface area contributed by atoms with E-state index in [9.17, 15) is 13.2 Å². The molecule has 0 heterocycles. The van der Waals surface area contributed by atoms with Crippen LogP contribution >= 0.6 is 0 Å². The van der Waals surface area contributed by atoms with Crippen LogP contribution in [-0.2, 0) is 14.8 Å². The van der Waals surface area contributed by atoms with Gasteiger partial charge in [-0.25, -0.2) is 8.42 Å². The van der Waals surface area contributed by atoms with Crippen molar-refractivity contribution >= 4 is 21.6 Å². The van der Waals surface area contributed by atoms with Crippen LogP contribution < -0.4 is 23.8 Å². The van der Waals surface area contributed by atoms with E-state index in [4.69, 9.17) is 14.2 Å². The van der Waals surface area contributed by atoms with Crippen LogP contribution in [0.5, 0.6) is 17.2 Å². The number of rotatable bonds is 10. The Morgan fingerprint density at radius 1 is 1.03 bits per heavy atom. The van der Waals surface area contributed by atoms with Crippen molar-refractivity contribution in [1.82, 2.24) is 5.32 Å². The number of ether oxygens (including phenoxy) is 3. The SMILES string of the molecule is COc1ccc(OCCNC(=O)CN(c2cc(C)ccc2OC)S(C)(=O)=O)cc1. The van der Waals surface area contributed by atoms with Crippen molar-refractivity contribution in [2.24, 2.45) is 0 Å². The minimum absolute atomic E-state index is 0.230. The van der Waals surface area contributed by atoms with Gasteiger partial charge in [0.25, 0.3) is 0 Å². The Balaban J connectivity index is 1.96. The number of carbonyl (C=O) groups excluding carboxylic acids is 1. The molecular weight excluding hydrogens is 396 g/mol. The highest BCUT2D eigenvalue weighted by Gasteiger charge is 2.24. The predicted molar refractivity (Wildman–Crippen MR) is 111 cm³/mol. The number of nitrogens with zero attached hydrogens (tertiary/aromatic N) is 1. The third-order valence-electron chi connectivity index (χ3n) is 4.04. The zero-order valence-electron chi connectivity index (χ0n) is 17.0. The molecule has 1 amide bonds. The van der Waals surface area contributed by atoms with E-state index < -0.39 is 15.9 Å². The van der Waals surface area contributed by atoms with Crippen LogP contribution in [0.25, 0.3) is 0 Å². The zero-order chi connectivity index (χ0) is 21.4. The van der Waals surface area contributed by atoms with Crippen LogP contribution in [0.4, 0.5) is 5.69 Å². The monoisotopic (exact) mass is 422 g/mol. The number of methoxy groups -OCH3 is 2. The molecule has 0 unspecified atom stereocenters. The maximum Gasteiger partial charge on any atom is 0.240 e. The predicted octanol–water partition coefficient (Wildman–Crippen LogP) is 1.97. The van der Waals surface area contributed by atoms with Crippen molar-refractivity contribution < 1.29 is 27.4 Å². The molecule has 2 rings (SSSR count). The Kier molecular flexibility index (Phi) is 7.72. The van der Waals surface area contributed by atoms with Gasteiger partial charge in [0.1, 0.15) is 30.4 Å². The lowest BCUT2D eigenvalue weighted by Gasteiger charge is -2.24. The van der Waals surface area contributed by atoms with Gasteiger partial charge in [-0.1, -0.05) is 6.07 Å². The molecule has 2 aromatic rings. The molecule has 2 aromatic carbocycles. The highest BCUT2D eigenvalue weighted by Crippen LogP contribution is 2.30. The first-order valence-corrected chi connectivity index (χ1v) is 10.8. The minimum Gasteiger partial charge on any atom is -0.497 e. The van der Waals surface area contributed by atoms with Crippen LogP contribution in [-0.4, -0.2) is 54.5 Å². The average Bonchev–Trinajstić information content (AvgIpc) is 2.69. The fourth-order valence-corrected chi connectivity index (χ4v) is 3.45. The molecule has 0 aliphatic rings. The molecule has 0 saturated carbocycles. The summed E-state index contributed by atoms with van der Waals surface area (Å²) >= 11 is 0. The maximum absolute atomic E-state index is 12.3. The first-order chi connectivity index (χ1) is 13.7. The van der Waals surface area contributed by atoms with Gasteiger partial charge in [-0.2, -0.15) is 0 Å². The molecule has 0 bridgehead atoms. The van der Waals surface area contributed by atoms with Crippen LogP contribution in [0.3, 0.4) is 0 Å². The molecule has 29 heavy (non-hydrogen) atoms. The second-order valence-corrected chi connectivity index (χ2v) is 8.23. The second-order valence-electron chi connectivity index (χ2n) is 6.32. The van der Waals surface area contributed by atoms with Crippen molar-refractivity contribution in [2.75, 3.05) is 44.5 Å². The van der Waals surface area contributed by atoms with E-state index in [1.807, 2.05) is 6.92 Å². The summed E-state index contributed by atoms with van der Waals surface area (Å²) < 4.78 is 41.4. The second kappa shape index (κ2) is 10.0. The summed E-state index contributed by atoms with van der Waals surface area (Å²) in [5, 5.41) is 2.66. The summed E-state index contributed by atoms with van der Waals surface area (Å²) in [7, 11) is -0.663. The van der Waals surface area contributed by atoms with E-state index in [0.717, 1.165) is 21.9 Å². The number of sulfonamides is 1. The largest absolute Gasteiger partial charge is 0.497 e. The van der Waals surface area contributed by atoms with Crippen molar-refractivity contribution in [1.29, 1.82) is 0 Å². The first-order valence-electron chi connectivity index (χ1n) is 8.90. The fourth-order valence-electron chi connectivity index (χ4n) is 2.59. The average molecular weight is 423 g/mol. The first kappa shape index (κ1) is 22.4. The summed E-state index contributed by atoms with van der Waals surface area (Å²) in [6.07, 6.45) is 1.05. The van der Waals surface area contributed by atoms with Gasteiger partial charge in [0.2, 0.25) is 15.9 Å². The van der Waals surface area contributed by atoms with Gasteiger partial charge in [-0.15, -0.1) is 0 Å². The normalized spacial score (nSPS) is 10.9. The van der Waals surface area contributed by atoms with E-state index in [1.165, 1.54) is 7.11 Å². The van der Waals surface area contributed by atoms with E-state index in [-0.39, 0.29) is 19.7 Å². The highest BCUT2D eigenvalue weighted by molar-refractivity contribution is 7.92. The van der Waals surface area contributed by atoms with Gasteiger partial charge in [0, 0.05) is 0 Å². The van der Waals surface area contributed by atoms with Gasteiger partial charge in [-0.3, -0.25) is 9.10 Å². The Bertz CT molecular complexity index is 928. The molecule has 0 saturated heterocycles. The molecule has 1 N–H and O–H groups in total. The Labute approximate surface area is 171 Å². The molecule has 0 aromatic heterocycles. The van der Waals surface area contributed by atoms with Crippen molar-refractivity contribution in [2.45, 2.75) is 6.92 Å². The maximum atomic E-state index is 12.3. The molecule has 8 nitrogen and oxygen atoms in total. The summed E-state index contributed by atoms with van der Waals surface area (Å²) in [6.45, 7) is 1.94. The Morgan fingerprint density at radius 2 is 1.69 bits per heavy atom. The van der Waals surface area contributed by atoms with Gasteiger partial charge < -0.3 is 19.5 Å². The Morgan fingerprint density at radius 3 is 2.28 bits per heavy atom. The molecular formula is C20H26N2O6S. The van der Waals surface area contributed by atoms with Gasteiger partial charge in [-0.05, 0) is 48.9 Å². The number of hydrogen-bond acceptors (Lipinski definition) is 6. The van der Waals surface area contributed by atoms with Crippen molar-refractivity contribution in [3.63, 3.8) is 0 Å². The summed E-state index contributed by atoms with van der Waals surface area (Å²) in [6, 6.07) is 12.2. The van der Waals surface area contributed by atoms with Crippen LogP contribution in [0.15, 0.2) is 42.5 Å². The van der Waals surface area contributed by atoms with E-state index in [0.29, 0.717) is 17.2 Å². The number of hydrogen-bond donors (Lipinski definition) is 1. The number of carbonyl (C=O) groups is 1. The summed E-state index contributed by atoms with van der Waals surface area (Å²) in [5.74, 6) is 1.29. The number of aryl methyl sites for hydroxylation is 1. The highest BCUT2D eigenvalue weighted by atomic mass is 32.2. The third-order valence-corrected chi connectivity index (χ3v) is 5.17. The Hall–Kier alpha value is -2.94. The quantitative estimate of drug-likeness (QED) is 0.589. The fraction of sp³-hybridized carbons (Fsp3) is 0.350. The van der Waals surface area contributed by atoms with Crippen molar-refractivity contribution in [3.8, 4) is 17.2 Å².